The molecule has 0 aromatic rings. The van der Waals surface area contributed by atoms with Crippen molar-refractivity contribution < 1.29 is 9.59 Å². The third-order valence-corrected chi connectivity index (χ3v) is 3.16. The van der Waals surface area contributed by atoms with E-state index in [-0.39, 0.29) is 11.7 Å². The highest BCUT2D eigenvalue weighted by molar-refractivity contribution is 6.37. The number of ketones is 1. The summed E-state index contributed by atoms with van der Waals surface area (Å²) in [6.07, 6.45) is 5.10. The summed E-state index contributed by atoms with van der Waals surface area (Å²) in [5.74, 6) is 0.102. The highest BCUT2D eigenvalue weighted by Gasteiger charge is 2.30. The fourth-order valence-corrected chi connectivity index (χ4v) is 2.02. The number of rotatable bonds is 6. The topological polar surface area (TPSA) is 37.4 Å². The average Bonchev–Trinajstić information content (AvgIpc) is 2.55. The zero-order chi connectivity index (χ0) is 11.3. The van der Waals surface area contributed by atoms with Crippen molar-refractivity contribution in [2.45, 2.75) is 46.0 Å². The lowest BCUT2D eigenvalue weighted by Crippen LogP contribution is -2.32. The van der Waals surface area contributed by atoms with E-state index in [1.807, 2.05) is 0 Å². The van der Waals surface area contributed by atoms with Crippen LogP contribution >= 0.6 is 0 Å². The maximum atomic E-state index is 11.4. The second kappa shape index (κ2) is 5.89. The number of likely N-dealkylation sites (tertiary alicyclic amines) is 1. The number of hydrogen-bond acceptors (Lipinski definition) is 2. The third-order valence-electron chi connectivity index (χ3n) is 3.16. The molecule has 1 aliphatic heterocycles. The summed E-state index contributed by atoms with van der Waals surface area (Å²) in [4.78, 5) is 24.2. The Labute approximate surface area is 91.8 Å². The van der Waals surface area contributed by atoms with Gasteiger partial charge in [-0.05, 0) is 12.3 Å². The minimum Gasteiger partial charge on any atom is -0.335 e. The number of carbonyl (C=O) groups is 2. The fourth-order valence-electron chi connectivity index (χ4n) is 2.02. The van der Waals surface area contributed by atoms with Gasteiger partial charge in [0, 0.05) is 19.5 Å². The molecule has 0 saturated carbocycles. The van der Waals surface area contributed by atoms with Gasteiger partial charge in [-0.3, -0.25) is 9.59 Å². The average molecular weight is 211 g/mol. The molecule has 0 aliphatic carbocycles. The van der Waals surface area contributed by atoms with Gasteiger partial charge in [-0.1, -0.05) is 33.1 Å². The van der Waals surface area contributed by atoms with Crippen LogP contribution < -0.4 is 0 Å². The molecule has 3 heteroatoms. The predicted molar refractivity (Wildman–Crippen MR) is 59.5 cm³/mol. The summed E-state index contributed by atoms with van der Waals surface area (Å²) >= 11 is 0. The van der Waals surface area contributed by atoms with Gasteiger partial charge < -0.3 is 4.90 Å². The van der Waals surface area contributed by atoms with Crippen LogP contribution in [0.2, 0.25) is 0 Å². The van der Waals surface area contributed by atoms with E-state index in [1.54, 1.807) is 4.90 Å². The standard InChI is InChI=1S/C12H21NO2/c1-3-5-6-10(4-2)9-13-8-7-11(14)12(13)15/h10H,3-9H2,1-2H3. The summed E-state index contributed by atoms with van der Waals surface area (Å²) in [6, 6.07) is 0. The summed E-state index contributed by atoms with van der Waals surface area (Å²) in [5, 5.41) is 0. The fraction of sp³-hybridized carbons (Fsp3) is 0.833. The Bertz CT molecular complexity index is 238. The van der Waals surface area contributed by atoms with Crippen LogP contribution in [0.3, 0.4) is 0 Å². The lowest BCUT2D eigenvalue weighted by molar-refractivity contribution is -0.140. The molecule has 86 valence electrons. The van der Waals surface area contributed by atoms with E-state index in [0.717, 1.165) is 13.0 Å². The van der Waals surface area contributed by atoms with E-state index >= 15 is 0 Å². The van der Waals surface area contributed by atoms with Crippen molar-refractivity contribution in [2.24, 2.45) is 5.92 Å². The minimum absolute atomic E-state index is 0.208. The van der Waals surface area contributed by atoms with Crippen LogP contribution in [-0.2, 0) is 9.59 Å². The first-order valence-corrected chi connectivity index (χ1v) is 6.01. The maximum absolute atomic E-state index is 11.4. The first-order valence-electron chi connectivity index (χ1n) is 6.01. The van der Waals surface area contributed by atoms with Gasteiger partial charge >= 0.3 is 0 Å². The molecule has 0 radical (unpaired) electrons. The molecule has 1 amide bonds. The number of unbranched alkanes of at least 4 members (excludes halogenated alkanes) is 1. The molecular formula is C12H21NO2. The van der Waals surface area contributed by atoms with Crippen molar-refractivity contribution in [3.8, 4) is 0 Å². The van der Waals surface area contributed by atoms with Gasteiger partial charge in [0.1, 0.15) is 0 Å². The zero-order valence-electron chi connectivity index (χ0n) is 9.79. The SMILES string of the molecule is CCCCC(CC)CN1CCC(=O)C1=O. The Balaban J connectivity index is 2.38. The van der Waals surface area contributed by atoms with Crippen molar-refractivity contribution >= 4 is 11.7 Å². The van der Waals surface area contributed by atoms with E-state index in [4.69, 9.17) is 0 Å². The maximum Gasteiger partial charge on any atom is 0.290 e. The van der Waals surface area contributed by atoms with E-state index in [0.29, 0.717) is 18.9 Å². The van der Waals surface area contributed by atoms with Gasteiger partial charge in [0.2, 0.25) is 5.78 Å². The van der Waals surface area contributed by atoms with Crippen LogP contribution in [0.15, 0.2) is 0 Å². The van der Waals surface area contributed by atoms with E-state index in [2.05, 4.69) is 13.8 Å². The van der Waals surface area contributed by atoms with E-state index in [9.17, 15) is 9.59 Å². The summed E-state index contributed by atoms with van der Waals surface area (Å²) in [6.45, 7) is 5.75. The number of nitrogens with zero attached hydrogens (tertiary/aromatic N) is 1. The highest BCUT2D eigenvalue weighted by atomic mass is 16.2. The largest absolute Gasteiger partial charge is 0.335 e. The van der Waals surface area contributed by atoms with E-state index in [1.165, 1.54) is 19.3 Å². The van der Waals surface area contributed by atoms with Crippen LogP contribution in [0.25, 0.3) is 0 Å². The van der Waals surface area contributed by atoms with Crippen LogP contribution in [0.5, 0.6) is 0 Å². The molecule has 1 heterocycles. The first-order chi connectivity index (χ1) is 7.19. The van der Waals surface area contributed by atoms with Crippen molar-refractivity contribution in [3.05, 3.63) is 0 Å². The van der Waals surface area contributed by atoms with Gasteiger partial charge in [0.15, 0.2) is 0 Å². The molecule has 0 bridgehead atoms. The van der Waals surface area contributed by atoms with Gasteiger partial charge in [0.25, 0.3) is 5.91 Å². The number of amides is 1. The molecule has 1 fully saturated rings. The summed E-state index contributed by atoms with van der Waals surface area (Å²) in [5.41, 5.74) is 0. The molecule has 1 atom stereocenters. The van der Waals surface area contributed by atoms with Crippen molar-refractivity contribution in [1.29, 1.82) is 0 Å². The zero-order valence-corrected chi connectivity index (χ0v) is 9.79. The predicted octanol–water partition coefficient (Wildman–Crippen LogP) is 2.00. The van der Waals surface area contributed by atoms with Crippen LogP contribution in [-0.4, -0.2) is 29.7 Å². The molecule has 0 aromatic heterocycles. The van der Waals surface area contributed by atoms with E-state index < -0.39 is 0 Å². The summed E-state index contributed by atoms with van der Waals surface area (Å²) < 4.78 is 0. The Morgan fingerprint density at radius 2 is 2.07 bits per heavy atom. The Morgan fingerprint density at radius 1 is 1.33 bits per heavy atom. The van der Waals surface area contributed by atoms with Crippen LogP contribution in [0.4, 0.5) is 0 Å². The van der Waals surface area contributed by atoms with Crippen molar-refractivity contribution in [1.82, 2.24) is 4.90 Å². The minimum atomic E-state index is -0.259. The first kappa shape index (κ1) is 12.2. The molecule has 1 unspecified atom stereocenters. The van der Waals surface area contributed by atoms with Crippen LogP contribution in [0, 0.1) is 5.92 Å². The molecule has 1 aliphatic rings. The molecule has 0 N–H and O–H groups in total. The Hall–Kier alpha value is -0.860. The molecule has 3 nitrogen and oxygen atoms in total. The quantitative estimate of drug-likeness (QED) is 0.630. The van der Waals surface area contributed by atoms with Crippen molar-refractivity contribution in [2.75, 3.05) is 13.1 Å². The Kier molecular flexibility index (Phi) is 4.79. The number of carbonyl (C=O) groups excluding carboxylic acids is 2. The van der Waals surface area contributed by atoms with Gasteiger partial charge in [-0.2, -0.15) is 0 Å². The van der Waals surface area contributed by atoms with Gasteiger partial charge in [-0.15, -0.1) is 0 Å². The highest BCUT2D eigenvalue weighted by Crippen LogP contribution is 2.17. The van der Waals surface area contributed by atoms with Gasteiger partial charge in [0.05, 0.1) is 0 Å². The van der Waals surface area contributed by atoms with Gasteiger partial charge in [-0.25, -0.2) is 0 Å². The second-order valence-corrected chi connectivity index (χ2v) is 4.34. The molecule has 0 aromatic carbocycles. The monoisotopic (exact) mass is 211 g/mol. The molecular weight excluding hydrogens is 190 g/mol. The lowest BCUT2D eigenvalue weighted by atomic mass is 9.99. The van der Waals surface area contributed by atoms with Crippen LogP contribution in [0.1, 0.15) is 46.0 Å². The number of Topliss-reactive ketones (excluding diaryl/α,β-unsaturated/α-hetero) is 1. The lowest BCUT2D eigenvalue weighted by Gasteiger charge is -2.21. The normalized spacial score (nSPS) is 18.7. The summed E-state index contributed by atoms with van der Waals surface area (Å²) in [7, 11) is 0. The Morgan fingerprint density at radius 3 is 2.53 bits per heavy atom. The van der Waals surface area contributed by atoms with Crippen molar-refractivity contribution in [3.63, 3.8) is 0 Å². The molecule has 0 spiro atoms. The third kappa shape index (κ3) is 3.33. The molecule has 1 rings (SSSR count). The number of hydrogen-bond donors (Lipinski definition) is 0. The smallest absolute Gasteiger partial charge is 0.290 e. The molecule has 1 saturated heterocycles. The molecule has 15 heavy (non-hydrogen) atoms. The second-order valence-electron chi connectivity index (χ2n) is 4.34.